The summed E-state index contributed by atoms with van der Waals surface area (Å²) < 4.78 is 11.8. The Morgan fingerprint density at radius 1 is 1.19 bits per heavy atom. The van der Waals surface area contributed by atoms with Gasteiger partial charge in [0.15, 0.2) is 5.13 Å². The lowest BCUT2D eigenvalue weighted by Gasteiger charge is -2.27. The van der Waals surface area contributed by atoms with Gasteiger partial charge in [-0.1, -0.05) is 23.5 Å². The van der Waals surface area contributed by atoms with Crippen molar-refractivity contribution in [3.63, 3.8) is 0 Å². The number of hydrogen-bond acceptors (Lipinski definition) is 7. The number of hydrogen-bond donors (Lipinski definition) is 0. The maximum absolute atomic E-state index is 13.2. The molecular formula is C24H29N3O3S2. The van der Waals surface area contributed by atoms with Crippen LogP contribution in [0.25, 0.3) is 10.2 Å². The summed E-state index contributed by atoms with van der Waals surface area (Å²) in [4.78, 5) is 23.4. The van der Waals surface area contributed by atoms with Crippen LogP contribution in [0.5, 0.6) is 5.75 Å². The van der Waals surface area contributed by atoms with Crippen molar-refractivity contribution >= 4 is 44.4 Å². The number of carbonyl (C=O) groups is 1. The van der Waals surface area contributed by atoms with Crippen LogP contribution in [0, 0.1) is 0 Å². The van der Waals surface area contributed by atoms with Gasteiger partial charge in [-0.3, -0.25) is 14.6 Å². The molecule has 2 heterocycles. The summed E-state index contributed by atoms with van der Waals surface area (Å²) in [6.07, 6.45) is 1.40. The Kier molecular flexibility index (Phi) is 8.39. The largest absolute Gasteiger partial charge is 0.497 e. The molecule has 3 aromatic rings. The minimum atomic E-state index is 0.132. The summed E-state index contributed by atoms with van der Waals surface area (Å²) in [5, 5.41) is 0.799. The van der Waals surface area contributed by atoms with Crippen molar-refractivity contribution in [3.8, 4) is 5.75 Å². The quantitative estimate of drug-likeness (QED) is 0.405. The van der Waals surface area contributed by atoms with E-state index in [0.29, 0.717) is 13.0 Å². The van der Waals surface area contributed by atoms with Crippen LogP contribution in [0.2, 0.25) is 0 Å². The van der Waals surface area contributed by atoms with E-state index in [1.165, 1.54) is 0 Å². The van der Waals surface area contributed by atoms with Crippen molar-refractivity contribution < 1.29 is 14.3 Å². The van der Waals surface area contributed by atoms with Crippen LogP contribution >= 0.6 is 23.1 Å². The predicted octanol–water partition coefficient (Wildman–Crippen LogP) is 4.54. The fourth-order valence-corrected chi connectivity index (χ4v) is 5.49. The molecule has 4 rings (SSSR count). The van der Waals surface area contributed by atoms with Crippen LogP contribution in [-0.2, 0) is 9.53 Å². The fourth-order valence-electron chi connectivity index (χ4n) is 3.64. The lowest BCUT2D eigenvalue weighted by atomic mass is 10.3. The SMILES string of the molecule is COc1ccc(SCCC(=O)N(CCCN2CCOCC2)c2nc3ccccc3s2)cc1. The molecule has 0 unspecified atom stereocenters. The number of thioether (sulfide) groups is 1. The number of methoxy groups -OCH3 is 1. The Labute approximate surface area is 197 Å². The first kappa shape index (κ1) is 23.0. The predicted molar refractivity (Wildman–Crippen MR) is 132 cm³/mol. The number of anilines is 1. The Hall–Kier alpha value is -2.13. The topological polar surface area (TPSA) is 54.9 Å². The summed E-state index contributed by atoms with van der Waals surface area (Å²) in [5.41, 5.74) is 0.950. The zero-order chi connectivity index (χ0) is 22.2. The van der Waals surface area contributed by atoms with Gasteiger partial charge in [-0.2, -0.15) is 0 Å². The van der Waals surface area contributed by atoms with E-state index in [1.807, 2.05) is 47.4 Å². The molecule has 2 aromatic carbocycles. The normalized spacial score (nSPS) is 14.5. The van der Waals surface area contributed by atoms with E-state index in [1.54, 1.807) is 30.2 Å². The molecule has 1 aromatic heterocycles. The number of carbonyl (C=O) groups excluding carboxylic acids is 1. The van der Waals surface area contributed by atoms with Gasteiger partial charge in [0.2, 0.25) is 5.91 Å². The second-order valence-corrected chi connectivity index (χ2v) is 9.77. The molecule has 6 nitrogen and oxygen atoms in total. The van der Waals surface area contributed by atoms with Gasteiger partial charge in [0.1, 0.15) is 5.75 Å². The van der Waals surface area contributed by atoms with E-state index < -0.39 is 0 Å². The lowest BCUT2D eigenvalue weighted by molar-refractivity contribution is -0.118. The van der Waals surface area contributed by atoms with Gasteiger partial charge in [0.25, 0.3) is 0 Å². The number of nitrogens with zero attached hydrogens (tertiary/aromatic N) is 3. The van der Waals surface area contributed by atoms with Crippen molar-refractivity contribution in [2.24, 2.45) is 0 Å². The molecule has 1 fully saturated rings. The van der Waals surface area contributed by atoms with Crippen LogP contribution in [0.15, 0.2) is 53.4 Å². The average molecular weight is 472 g/mol. The molecule has 1 saturated heterocycles. The van der Waals surface area contributed by atoms with E-state index in [0.717, 1.165) is 71.0 Å². The van der Waals surface area contributed by atoms with Crippen LogP contribution in [-0.4, -0.2) is 68.0 Å². The number of fused-ring (bicyclic) bond motifs is 1. The van der Waals surface area contributed by atoms with Gasteiger partial charge >= 0.3 is 0 Å². The first-order valence-corrected chi connectivity index (χ1v) is 12.8. The maximum atomic E-state index is 13.2. The van der Waals surface area contributed by atoms with E-state index in [-0.39, 0.29) is 5.91 Å². The number of rotatable bonds is 10. The van der Waals surface area contributed by atoms with Gasteiger partial charge in [0, 0.05) is 43.2 Å². The Morgan fingerprint density at radius 3 is 2.72 bits per heavy atom. The van der Waals surface area contributed by atoms with Crippen LogP contribution in [0.1, 0.15) is 12.8 Å². The van der Waals surface area contributed by atoms with Gasteiger partial charge < -0.3 is 9.47 Å². The van der Waals surface area contributed by atoms with Crippen LogP contribution < -0.4 is 9.64 Å². The number of aromatic nitrogens is 1. The zero-order valence-electron chi connectivity index (χ0n) is 18.4. The Bertz CT molecular complexity index is 970. The van der Waals surface area contributed by atoms with Gasteiger partial charge in [-0.25, -0.2) is 4.98 Å². The highest BCUT2D eigenvalue weighted by atomic mass is 32.2. The van der Waals surface area contributed by atoms with Crippen molar-refractivity contribution in [3.05, 3.63) is 48.5 Å². The number of ether oxygens (including phenoxy) is 2. The highest BCUT2D eigenvalue weighted by molar-refractivity contribution is 7.99. The van der Waals surface area contributed by atoms with Crippen molar-refractivity contribution in [1.82, 2.24) is 9.88 Å². The fraction of sp³-hybridized carbons (Fsp3) is 0.417. The second-order valence-electron chi connectivity index (χ2n) is 7.59. The maximum Gasteiger partial charge on any atom is 0.229 e. The molecule has 1 amide bonds. The van der Waals surface area contributed by atoms with Crippen molar-refractivity contribution in [2.45, 2.75) is 17.7 Å². The molecule has 0 N–H and O–H groups in total. The molecule has 0 spiro atoms. The Morgan fingerprint density at radius 2 is 1.97 bits per heavy atom. The van der Waals surface area contributed by atoms with E-state index in [2.05, 4.69) is 11.0 Å². The monoisotopic (exact) mass is 471 g/mol. The molecule has 170 valence electrons. The molecule has 0 bridgehead atoms. The highest BCUT2D eigenvalue weighted by Crippen LogP contribution is 2.30. The zero-order valence-corrected chi connectivity index (χ0v) is 20.0. The van der Waals surface area contributed by atoms with Crippen LogP contribution in [0.4, 0.5) is 5.13 Å². The molecule has 0 atom stereocenters. The second kappa shape index (κ2) is 11.7. The average Bonchev–Trinajstić information content (AvgIpc) is 3.26. The molecule has 1 aliphatic rings. The molecule has 0 radical (unpaired) electrons. The first-order chi connectivity index (χ1) is 15.7. The van der Waals surface area contributed by atoms with E-state index >= 15 is 0 Å². The van der Waals surface area contributed by atoms with E-state index in [4.69, 9.17) is 14.5 Å². The standard InChI is InChI=1S/C24H29N3O3S2/c1-29-19-7-9-20(10-8-19)31-18-11-23(28)27(13-4-12-26-14-16-30-17-15-26)24-25-21-5-2-3-6-22(21)32-24/h2-3,5-10H,4,11-18H2,1H3. The third-order valence-corrected chi connectivity index (χ3v) is 7.49. The van der Waals surface area contributed by atoms with Gasteiger partial charge in [-0.15, -0.1) is 11.8 Å². The molecule has 0 saturated carbocycles. The first-order valence-electron chi connectivity index (χ1n) is 11.0. The van der Waals surface area contributed by atoms with Crippen LogP contribution in [0.3, 0.4) is 0 Å². The number of amides is 1. The molecule has 1 aliphatic heterocycles. The summed E-state index contributed by atoms with van der Waals surface area (Å²) in [7, 11) is 1.66. The minimum Gasteiger partial charge on any atom is -0.497 e. The molecule has 0 aliphatic carbocycles. The summed E-state index contributed by atoms with van der Waals surface area (Å²) in [6, 6.07) is 16.0. The third kappa shape index (κ3) is 6.22. The van der Waals surface area contributed by atoms with E-state index in [9.17, 15) is 4.79 Å². The third-order valence-electron chi connectivity index (χ3n) is 5.42. The molecular weight excluding hydrogens is 442 g/mol. The summed E-state index contributed by atoms with van der Waals surface area (Å²) in [6.45, 7) is 5.18. The highest BCUT2D eigenvalue weighted by Gasteiger charge is 2.20. The van der Waals surface area contributed by atoms with Crippen molar-refractivity contribution in [2.75, 3.05) is 57.2 Å². The summed E-state index contributed by atoms with van der Waals surface area (Å²) >= 11 is 3.28. The lowest BCUT2D eigenvalue weighted by Crippen LogP contribution is -2.39. The number of thiazole rings is 1. The number of morpholine rings is 1. The smallest absolute Gasteiger partial charge is 0.229 e. The number of benzene rings is 2. The molecule has 32 heavy (non-hydrogen) atoms. The minimum absolute atomic E-state index is 0.132. The Balaban J connectivity index is 1.37. The van der Waals surface area contributed by atoms with Gasteiger partial charge in [-0.05, 0) is 42.8 Å². The molecule has 8 heteroatoms. The van der Waals surface area contributed by atoms with Crippen molar-refractivity contribution in [1.29, 1.82) is 0 Å². The summed E-state index contributed by atoms with van der Waals surface area (Å²) in [5.74, 6) is 1.70. The van der Waals surface area contributed by atoms with Gasteiger partial charge in [0.05, 0.1) is 30.5 Å². The number of para-hydroxylation sites is 1.